The summed E-state index contributed by atoms with van der Waals surface area (Å²) in [6, 6.07) is 3.96. The number of nitrogens with two attached hydrogens (primary N) is 1. The van der Waals surface area contributed by atoms with Crippen molar-refractivity contribution in [2.75, 3.05) is 0 Å². The first-order valence-corrected chi connectivity index (χ1v) is 6.88. The zero-order valence-corrected chi connectivity index (χ0v) is 12.0. The van der Waals surface area contributed by atoms with Crippen LogP contribution in [0.4, 0.5) is 0 Å². The van der Waals surface area contributed by atoms with Gasteiger partial charge in [0.2, 0.25) is 5.91 Å². The van der Waals surface area contributed by atoms with Crippen molar-refractivity contribution in [1.82, 2.24) is 5.32 Å². The number of carbonyl (C=O) groups excluding carboxylic acids is 1. The molecule has 1 aromatic rings. The lowest BCUT2D eigenvalue weighted by Crippen LogP contribution is -2.51. The number of halogens is 1. The molecule has 0 aliphatic heterocycles. The molecule has 0 aromatic carbocycles. The van der Waals surface area contributed by atoms with Gasteiger partial charge in [-0.1, -0.05) is 13.3 Å². The Kier molecular flexibility index (Phi) is 4.95. The summed E-state index contributed by atoms with van der Waals surface area (Å²) in [7, 11) is 0. The average molecular weight is 305 g/mol. The first kappa shape index (κ1) is 13.7. The largest absolute Gasteiger partial charge is 0.350 e. The van der Waals surface area contributed by atoms with Crippen LogP contribution in [0.15, 0.2) is 15.9 Å². The summed E-state index contributed by atoms with van der Waals surface area (Å²) in [5.74, 6) is -0.0844. The number of carbonyl (C=O) groups is 1. The van der Waals surface area contributed by atoms with Crippen molar-refractivity contribution in [3.63, 3.8) is 0 Å². The minimum Gasteiger partial charge on any atom is -0.350 e. The van der Waals surface area contributed by atoms with Crippen LogP contribution in [-0.2, 0) is 11.3 Å². The second-order valence-corrected chi connectivity index (χ2v) is 6.60. The Labute approximate surface area is 109 Å². The minimum atomic E-state index is -0.761. The Morgan fingerprint density at radius 1 is 1.62 bits per heavy atom. The quantitative estimate of drug-likeness (QED) is 0.878. The molecule has 1 unspecified atom stereocenters. The summed E-state index contributed by atoms with van der Waals surface area (Å²) in [6.07, 6.45) is 1.61. The summed E-state index contributed by atoms with van der Waals surface area (Å²) in [6.45, 7) is 4.34. The molecule has 1 rings (SSSR count). The van der Waals surface area contributed by atoms with E-state index in [1.807, 2.05) is 19.1 Å². The summed E-state index contributed by atoms with van der Waals surface area (Å²) < 4.78 is 1.07. The lowest BCUT2D eigenvalue weighted by Gasteiger charge is -2.22. The van der Waals surface area contributed by atoms with E-state index in [2.05, 4.69) is 21.2 Å². The molecular weight excluding hydrogens is 288 g/mol. The topological polar surface area (TPSA) is 55.1 Å². The Hall–Kier alpha value is -0.390. The molecule has 5 heteroatoms. The van der Waals surface area contributed by atoms with E-state index in [0.717, 1.165) is 15.1 Å². The zero-order valence-electron chi connectivity index (χ0n) is 9.55. The van der Waals surface area contributed by atoms with Gasteiger partial charge in [0.15, 0.2) is 0 Å². The third-order valence-electron chi connectivity index (χ3n) is 2.34. The molecule has 1 aromatic heterocycles. The number of rotatable bonds is 5. The fraction of sp³-hybridized carbons (Fsp3) is 0.545. The van der Waals surface area contributed by atoms with Crippen LogP contribution in [0.1, 0.15) is 31.6 Å². The highest BCUT2D eigenvalue weighted by atomic mass is 79.9. The van der Waals surface area contributed by atoms with E-state index >= 15 is 0 Å². The van der Waals surface area contributed by atoms with Crippen molar-refractivity contribution < 1.29 is 4.79 Å². The molecular formula is C11H17BrN2OS. The Morgan fingerprint density at radius 3 is 2.81 bits per heavy atom. The monoisotopic (exact) mass is 304 g/mol. The maximum Gasteiger partial charge on any atom is 0.240 e. The normalized spacial score (nSPS) is 14.5. The summed E-state index contributed by atoms with van der Waals surface area (Å²) in [5.41, 5.74) is 5.16. The van der Waals surface area contributed by atoms with Gasteiger partial charge in [-0.05, 0) is 41.4 Å². The maximum atomic E-state index is 11.8. The minimum absolute atomic E-state index is 0.0844. The van der Waals surface area contributed by atoms with Gasteiger partial charge in [-0.25, -0.2) is 0 Å². The number of thiophene rings is 1. The molecule has 0 aliphatic carbocycles. The molecule has 0 bridgehead atoms. The third kappa shape index (κ3) is 3.88. The van der Waals surface area contributed by atoms with E-state index in [0.29, 0.717) is 13.0 Å². The second kappa shape index (κ2) is 5.80. The number of nitrogens with one attached hydrogen (secondary N) is 1. The Balaban J connectivity index is 2.46. The van der Waals surface area contributed by atoms with E-state index in [-0.39, 0.29) is 5.91 Å². The van der Waals surface area contributed by atoms with E-state index in [1.165, 1.54) is 0 Å². The Morgan fingerprint density at radius 2 is 2.31 bits per heavy atom. The molecule has 0 aliphatic rings. The molecule has 90 valence electrons. The molecule has 0 radical (unpaired) electrons. The predicted octanol–water partition coefficient (Wildman–Crippen LogP) is 2.64. The van der Waals surface area contributed by atoms with Gasteiger partial charge in [-0.3, -0.25) is 4.79 Å². The van der Waals surface area contributed by atoms with Crippen LogP contribution in [0, 0.1) is 0 Å². The first-order valence-electron chi connectivity index (χ1n) is 5.27. The maximum absolute atomic E-state index is 11.8. The SMILES string of the molecule is CCCC(C)(N)C(=O)NCc1ccc(Br)s1. The van der Waals surface area contributed by atoms with Crippen LogP contribution in [0.25, 0.3) is 0 Å². The zero-order chi connectivity index (χ0) is 12.2. The van der Waals surface area contributed by atoms with Crippen molar-refractivity contribution in [3.8, 4) is 0 Å². The van der Waals surface area contributed by atoms with Gasteiger partial charge in [0.25, 0.3) is 0 Å². The van der Waals surface area contributed by atoms with Gasteiger partial charge < -0.3 is 11.1 Å². The van der Waals surface area contributed by atoms with E-state index in [9.17, 15) is 4.79 Å². The van der Waals surface area contributed by atoms with Crippen molar-refractivity contribution in [3.05, 3.63) is 20.8 Å². The molecule has 0 saturated heterocycles. The molecule has 0 fully saturated rings. The van der Waals surface area contributed by atoms with E-state index in [4.69, 9.17) is 5.73 Å². The molecule has 1 atom stereocenters. The smallest absolute Gasteiger partial charge is 0.240 e. The molecule has 1 amide bonds. The fourth-order valence-electron chi connectivity index (χ4n) is 1.45. The van der Waals surface area contributed by atoms with Crippen LogP contribution in [-0.4, -0.2) is 11.4 Å². The molecule has 3 N–H and O–H groups in total. The first-order chi connectivity index (χ1) is 7.45. The molecule has 0 spiro atoms. The number of amides is 1. The molecule has 1 heterocycles. The summed E-state index contributed by atoms with van der Waals surface area (Å²) >= 11 is 5.00. The van der Waals surface area contributed by atoms with Gasteiger partial charge in [-0.15, -0.1) is 11.3 Å². The highest BCUT2D eigenvalue weighted by Crippen LogP contribution is 2.21. The summed E-state index contributed by atoms with van der Waals surface area (Å²) in [4.78, 5) is 12.9. The average Bonchev–Trinajstić information content (AvgIpc) is 2.60. The molecule has 16 heavy (non-hydrogen) atoms. The van der Waals surface area contributed by atoms with Crippen LogP contribution in [0.2, 0.25) is 0 Å². The number of hydrogen-bond donors (Lipinski definition) is 2. The standard InChI is InChI=1S/C11H17BrN2OS/c1-3-6-11(2,13)10(15)14-7-8-4-5-9(12)16-8/h4-5H,3,6-7,13H2,1-2H3,(H,14,15). The molecule has 3 nitrogen and oxygen atoms in total. The second-order valence-electron chi connectivity index (χ2n) is 4.06. The Bertz CT molecular complexity index is 363. The van der Waals surface area contributed by atoms with Gasteiger partial charge in [0.1, 0.15) is 0 Å². The highest BCUT2D eigenvalue weighted by Gasteiger charge is 2.26. The lowest BCUT2D eigenvalue weighted by atomic mass is 9.96. The lowest BCUT2D eigenvalue weighted by molar-refractivity contribution is -0.126. The van der Waals surface area contributed by atoms with E-state index < -0.39 is 5.54 Å². The van der Waals surface area contributed by atoms with Crippen molar-refractivity contribution in [2.45, 2.75) is 38.8 Å². The van der Waals surface area contributed by atoms with Gasteiger partial charge in [0.05, 0.1) is 15.9 Å². The van der Waals surface area contributed by atoms with Crippen molar-refractivity contribution in [1.29, 1.82) is 0 Å². The number of hydrogen-bond acceptors (Lipinski definition) is 3. The van der Waals surface area contributed by atoms with E-state index in [1.54, 1.807) is 18.3 Å². The van der Waals surface area contributed by atoms with Gasteiger partial charge >= 0.3 is 0 Å². The van der Waals surface area contributed by atoms with Gasteiger partial charge in [0, 0.05) is 4.88 Å². The fourth-order valence-corrected chi connectivity index (χ4v) is 2.87. The summed E-state index contributed by atoms with van der Waals surface area (Å²) in [5, 5.41) is 2.86. The van der Waals surface area contributed by atoms with Crippen molar-refractivity contribution in [2.24, 2.45) is 5.73 Å². The van der Waals surface area contributed by atoms with Crippen molar-refractivity contribution >= 4 is 33.2 Å². The van der Waals surface area contributed by atoms with Crippen LogP contribution in [0.5, 0.6) is 0 Å². The van der Waals surface area contributed by atoms with Gasteiger partial charge in [-0.2, -0.15) is 0 Å². The van der Waals surface area contributed by atoms with Crippen LogP contribution >= 0.6 is 27.3 Å². The van der Waals surface area contributed by atoms with Crippen LogP contribution < -0.4 is 11.1 Å². The molecule has 0 saturated carbocycles. The highest BCUT2D eigenvalue weighted by molar-refractivity contribution is 9.11. The predicted molar refractivity (Wildman–Crippen MR) is 71.4 cm³/mol. The third-order valence-corrected chi connectivity index (χ3v) is 3.96. The van der Waals surface area contributed by atoms with Crippen LogP contribution in [0.3, 0.4) is 0 Å².